The quantitative estimate of drug-likeness (QED) is 0.501. The van der Waals surface area contributed by atoms with E-state index in [-0.39, 0.29) is 24.1 Å². The SMILES string of the molecule is CCn1cc(C(=O)NCCOc2cccc3cccnc23)c(=O)c2ccc(C)nc21. The van der Waals surface area contributed by atoms with E-state index in [0.29, 0.717) is 23.3 Å². The Balaban J connectivity index is 1.48. The lowest BCUT2D eigenvalue weighted by Gasteiger charge is -2.12. The van der Waals surface area contributed by atoms with Crippen molar-refractivity contribution in [1.82, 2.24) is 19.9 Å². The molecule has 0 saturated carbocycles. The van der Waals surface area contributed by atoms with Gasteiger partial charge >= 0.3 is 0 Å². The number of benzene rings is 1. The number of nitrogens with one attached hydrogen (secondary N) is 1. The summed E-state index contributed by atoms with van der Waals surface area (Å²) in [6, 6.07) is 13.0. The summed E-state index contributed by atoms with van der Waals surface area (Å²) in [5, 5.41) is 4.19. The van der Waals surface area contributed by atoms with Crippen LogP contribution in [0.3, 0.4) is 0 Å². The Morgan fingerprint density at radius 2 is 2.00 bits per heavy atom. The summed E-state index contributed by atoms with van der Waals surface area (Å²) in [6.07, 6.45) is 3.29. The Kier molecular flexibility index (Phi) is 5.43. The summed E-state index contributed by atoms with van der Waals surface area (Å²) in [6.45, 7) is 4.94. The van der Waals surface area contributed by atoms with Crippen LogP contribution >= 0.6 is 0 Å². The van der Waals surface area contributed by atoms with Gasteiger partial charge in [0.2, 0.25) is 5.43 Å². The molecule has 7 heteroatoms. The summed E-state index contributed by atoms with van der Waals surface area (Å²) in [5.74, 6) is 0.229. The Hall–Kier alpha value is -3.74. The van der Waals surface area contributed by atoms with Crippen molar-refractivity contribution < 1.29 is 9.53 Å². The molecule has 3 aromatic heterocycles. The van der Waals surface area contributed by atoms with E-state index in [1.807, 2.05) is 48.7 Å². The van der Waals surface area contributed by atoms with E-state index in [0.717, 1.165) is 16.6 Å². The minimum absolute atomic E-state index is 0.0989. The number of ether oxygens (including phenoxy) is 1. The standard InChI is InChI=1S/C23H22N4O3/c1-3-27-14-18(21(28)17-10-9-15(2)26-22(17)27)23(29)25-12-13-30-19-8-4-6-16-7-5-11-24-20(16)19/h4-11,14H,3,12-13H2,1-2H3,(H,25,29). The first kappa shape index (κ1) is 19.6. The van der Waals surface area contributed by atoms with E-state index in [9.17, 15) is 9.59 Å². The fraction of sp³-hybridized carbons (Fsp3) is 0.217. The van der Waals surface area contributed by atoms with E-state index < -0.39 is 5.91 Å². The van der Waals surface area contributed by atoms with Crippen molar-refractivity contribution in [2.24, 2.45) is 0 Å². The highest BCUT2D eigenvalue weighted by molar-refractivity contribution is 5.96. The highest BCUT2D eigenvalue weighted by Crippen LogP contribution is 2.22. The lowest BCUT2D eigenvalue weighted by molar-refractivity contribution is 0.0945. The Bertz CT molecular complexity index is 1290. The molecule has 0 aliphatic carbocycles. The number of carbonyl (C=O) groups is 1. The Labute approximate surface area is 173 Å². The van der Waals surface area contributed by atoms with Crippen LogP contribution in [0.5, 0.6) is 5.75 Å². The summed E-state index contributed by atoms with van der Waals surface area (Å²) < 4.78 is 7.61. The molecule has 7 nitrogen and oxygen atoms in total. The molecule has 4 rings (SSSR count). The molecule has 4 aromatic rings. The Morgan fingerprint density at radius 1 is 1.17 bits per heavy atom. The topological polar surface area (TPSA) is 86.1 Å². The molecule has 30 heavy (non-hydrogen) atoms. The van der Waals surface area contributed by atoms with Gasteiger partial charge in [0.05, 0.1) is 11.9 Å². The van der Waals surface area contributed by atoms with Gasteiger partial charge in [-0.05, 0) is 38.1 Å². The molecule has 0 bridgehead atoms. The normalized spacial score (nSPS) is 11.0. The summed E-state index contributed by atoms with van der Waals surface area (Å²) in [4.78, 5) is 34.2. The van der Waals surface area contributed by atoms with E-state index >= 15 is 0 Å². The van der Waals surface area contributed by atoms with Gasteiger partial charge in [-0.15, -0.1) is 0 Å². The third kappa shape index (κ3) is 3.74. The zero-order chi connectivity index (χ0) is 21.1. The molecule has 1 amide bonds. The number of amides is 1. The third-order valence-electron chi connectivity index (χ3n) is 4.89. The van der Waals surface area contributed by atoms with Crippen LogP contribution in [-0.4, -0.2) is 33.6 Å². The summed E-state index contributed by atoms with van der Waals surface area (Å²) >= 11 is 0. The van der Waals surface area contributed by atoms with E-state index in [1.54, 1.807) is 24.5 Å². The van der Waals surface area contributed by atoms with Gasteiger partial charge in [0.15, 0.2) is 0 Å². The van der Waals surface area contributed by atoms with E-state index in [4.69, 9.17) is 4.74 Å². The van der Waals surface area contributed by atoms with Crippen molar-refractivity contribution in [3.63, 3.8) is 0 Å². The van der Waals surface area contributed by atoms with Gasteiger partial charge in [-0.25, -0.2) is 4.98 Å². The summed E-state index contributed by atoms with van der Waals surface area (Å²) in [5.41, 5.74) is 1.96. The number of pyridine rings is 3. The van der Waals surface area contributed by atoms with Crippen LogP contribution in [0, 0.1) is 6.92 Å². The van der Waals surface area contributed by atoms with Gasteiger partial charge in [-0.2, -0.15) is 0 Å². The molecule has 0 saturated heterocycles. The fourth-order valence-corrected chi connectivity index (χ4v) is 3.38. The molecule has 0 unspecified atom stereocenters. The van der Waals surface area contributed by atoms with E-state index in [1.165, 1.54) is 0 Å². The monoisotopic (exact) mass is 402 g/mol. The predicted octanol–water partition coefficient (Wildman–Crippen LogP) is 3.08. The number of hydrogen-bond donors (Lipinski definition) is 1. The number of rotatable bonds is 6. The Morgan fingerprint density at radius 3 is 2.83 bits per heavy atom. The highest BCUT2D eigenvalue weighted by Gasteiger charge is 2.16. The molecule has 1 N–H and O–H groups in total. The smallest absolute Gasteiger partial charge is 0.256 e. The number of hydrogen-bond acceptors (Lipinski definition) is 5. The van der Waals surface area contributed by atoms with Crippen LogP contribution in [0.15, 0.2) is 59.7 Å². The van der Waals surface area contributed by atoms with Gasteiger partial charge in [0.1, 0.15) is 29.1 Å². The van der Waals surface area contributed by atoms with Crippen LogP contribution in [0.25, 0.3) is 21.9 Å². The minimum Gasteiger partial charge on any atom is -0.489 e. The predicted molar refractivity (Wildman–Crippen MR) is 116 cm³/mol. The number of aromatic nitrogens is 3. The van der Waals surface area contributed by atoms with Crippen molar-refractivity contribution in [3.8, 4) is 5.75 Å². The van der Waals surface area contributed by atoms with Gasteiger partial charge < -0.3 is 14.6 Å². The van der Waals surface area contributed by atoms with Gasteiger partial charge in [-0.3, -0.25) is 14.6 Å². The first-order chi connectivity index (χ1) is 14.6. The van der Waals surface area contributed by atoms with Crippen molar-refractivity contribution >= 4 is 27.8 Å². The number of carbonyl (C=O) groups excluding carboxylic acids is 1. The second-order valence-corrected chi connectivity index (χ2v) is 6.92. The average molecular weight is 402 g/mol. The van der Waals surface area contributed by atoms with Crippen molar-refractivity contribution in [2.75, 3.05) is 13.2 Å². The molecule has 152 valence electrons. The first-order valence-electron chi connectivity index (χ1n) is 9.84. The van der Waals surface area contributed by atoms with Crippen LogP contribution in [-0.2, 0) is 6.54 Å². The average Bonchev–Trinajstić information content (AvgIpc) is 2.77. The maximum absolute atomic E-state index is 12.8. The zero-order valence-corrected chi connectivity index (χ0v) is 16.9. The first-order valence-corrected chi connectivity index (χ1v) is 9.84. The van der Waals surface area contributed by atoms with Crippen molar-refractivity contribution in [2.45, 2.75) is 20.4 Å². The molecule has 3 heterocycles. The maximum atomic E-state index is 12.8. The van der Waals surface area contributed by atoms with Crippen molar-refractivity contribution in [3.05, 3.63) is 76.3 Å². The largest absolute Gasteiger partial charge is 0.489 e. The molecular formula is C23H22N4O3. The van der Waals surface area contributed by atoms with Gasteiger partial charge in [0, 0.05) is 30.0 Å². The number of para-hydroxylation sites is 1. The molecule has 0 fully saturated rings. The van der Waals surface area contributed by atoms with Crippen LogP contribution < -0.4 is 15.5 Å². The zero-order valence-electron chi connectivity index (χ0n) is 16.9. The second-order valence-electron chi connectivity index (χ2n) is 6.92. The molecule has 0 spiro atoms. The van der Waals surface area contributed by atoms with Gasteiger partial charge in [-0.1, -0.05) is 18.2 Å². The third-order valence-corrected chi connectivity index (χ3v) is 4.89. The highest BCUT2D eigenvalue weighted by atomic mass is 16.5. The lowest BCUT2D eigenvalue weighted by atomic mass is 10.1. The van der Waals surface area contributed by atoms with Gasteiger partial charge in [0.25, 0.3) is 5.91 Å². The molecule has 0 radical (unpaired) electrons. The van der Waals surface area contributed by atoms with E-state index in [2.05, 4.69) is 15.3 Å². The van der Waals surface area contributed by atoms with Crippen LogP contribution in [0.1, 0.15) is 23.0 Å². The molecule has 1 aromatic carbocycles. The molecule has 0 aliphatic rings. The fourth-order valence-electron chi connectivity index (χ4n) is 3.38. The van der Waals surface area contributed by atoms with Crippen molar-refractivity contribution in [1.29, 1.82) is 0 Å². The summed E-state index contributed by atoms with van der Waals surface area (Å²) in [7, 11) is 0. The maximum Gasteiger partial charge on any atom is 0.256 e. The molecule has 0 atom stereocenters. The number of nitrogens with zero attached hydrogens (tertiary/aromatic N) is 3. The van der Waals surface area contributed by atoms with Crippen LogP contribution in [0.2, 0.25) is 0 Å². The van der Waals surface area contributed by atoms with Crippen LogP contribution in [0.4, 0.5) is 0 Å². The number of fused-ring (bicyclic) bond motifs is 2. The lowest BCUT2D eigenvalue weighted by Crippen LogP contribution is -2.32. The second kappa shape index (κ2) is 8.32. The minimum atomic E-state index is -0.427. The number of aryl methyl sites for hydroxylation is 2. The molecular weight excluding hydrogens is 380 g/mol. The molecule has 0 aliphatic heterocycles.